The van der Waals surface area contributed by atoms with Crippen LogP contribution < -0.4 is 9.62 Å². The molecule has 2 amide bonds. The van der Waals surface area contributed by atoms with Crippen molar-refractivity contribution in [3.8, 4) is 0 Å². The molecule has 3 aromatic carbocycles. The molecule has 3 rings (SSSR count). The standard InChI is InChI=1S/C29H35N3O4S/c1-4-20-30-29(34)24(3)31(21-19-25-14-7-5-8-15-25)28(33)22-32(27-18-12-11-13-23(27)2)37(35,36)26-16-9-6-10-17-26/h5-18,24H,4,19-22H2,1-3H3,(H,30,34)/t24-/m0/s1. The van der Waals surface area contributed by atoms with E-state index in [1.807, 2.05) is 43.3 Å². The van der Waals surface area contributed by atoms with Crippen LogP contribution in [0.5, 0.6) is 0 Å². The Kier molecular flexibility index (Phi) is 9.85. The Morgan fingerprint density at radius 2 is 1.49 bits per heavy atom. The van der Waals surface area contributed by atoms with Crippen LogP contribution in [0.15, 0.2) is 89.8 Å². The minimum Gasteiger partial charge on any atom is -0.354 e. The summed E-state index contributed by atoms with van der Waals surface area (Å²) in [4.78, 5) is 28.2. The van der Waals surface area contributed by atoms with Crippen LogP contribution >= 0.6 is 0 Å². The van der Waals surface area contributed by atoms with Gasteiger partial charge in [-0.2, -0.15) is 0 Å². The Morgan fingerprint density at radius 3 is 2.11 bits per heavy atom. The van der Waals surface area contributed by atoms with Crippen molar-refractivity contribution in [3.63, 3.8) is 0 Å². The average Bonchev–Trinajstić information content (AvgIpc) is 2.91. The zero-order valence-corrected chi connectivity index (χ0v) is 22.4. The zero-order chi connectivity index (χ0) is 26.8. The number of anilines is 1. The lowest BCUT2D eigenvalue weighted by Crippen LogP contribution is -2.52. The van der Waals surface area contributed by atoms with Crippen LogP contribution in [0.3, 0.4) is 0 Å². The molecule has 7 nitrogen and oxygen atoms in total. The number of amides is 2. The third-order valence-electron chi connectivity index (χ3n) is 6.19. The SMILES string of the molecule is CCCNC(=O)[C@H](C)N(CCc1ccccc1)C(=O)CN(c1ccccc1C)S(=O)(=O)c1ccccc1. The van der Waals surface area contributed by atoms with E-state index in [2.05, 4.69) is 5.32 Å². The molecule has 0 aromatic heterocycles. The van der Waals surface area contributed by atoms with Gasteiger partial charge in [0.1, 0.15) is 12.6 Å². The minimum absolute atomic E-state index is 0.0932. The quantitative estimate of drug-likeness (QED) is 0.388. The maximum atomic E-state index is 13.8. The van der Waals surface area contributed by atoms with Crippen LogP contribution in [0.4, 0.5) is 5.69 Å². The summed E-state index contributed by atoms with van der Waals surface area (Å²) in [5.41, 5.74) is 2.17. The fourth-order valence-corrected chi connectivity index (χ4v) is 5.54. The largest absolute Gasteiger partial charge is 0.354 e. The molecule has 0 unspecified atom stereocenters. The molecule has 3 aromatic rings. The van der Waals surface area contributed by atoms with Gasteiger partial charge in [0.2, 0.25) is 11.8 Å². The van der Waals surface area contributed by atoms with Gasteiger partial charge in [0.25, 0.3) is 10.0 Å². The van der Waals surface area contributed by atoms with E-state index in [0.29, 0.717) is 18.7 Å². The van der Waals surface area contributed by atoms with Crippen LogP contribution in [0.25, 0.3) is 0 Å². The number of para-hydroxylation sites is 1. The van der Waals surface area contributed by atoms with Crippen molar-refractivity contribution in [2.24, 2.45) is 0 Å². The number of nitrogens with one attached hydrogen (secondary N) is 1. The highest BCUT2D eigenvalue weighted by atomic mass is 32.2. The summed E-state index contributed by atoms with van der Waals surface area (Å²) in [7, 11) is -4.05. The molecular formula is C29H35N3O4S. The predicted molar refractivity (Wildman–Crippen MR) is 147 cm³/mol. The first kappa shape index (κ1) is 27.9. The number of sulfonamides is 1. The van der Waals surface area contributed by atoms with Crippen LogP contribution in [0.2, 0.25) is 0 Å². The molecule has 8 heteroatoms. The predicted octanol–water partition coefficient (Wildman–Crippen LogP) is 4.18. The molecule has 0 aliphatic heterocycles. The van der Waals surface area contributed by atoms with Gasteiger partial charge in [0, 0.05) is 13.1 Å². The van der Waals surface area contributed by atoms with E-state index in [1.165, 1.54) is 17.0 Å². The Morgan fingerprint density at radius 1 is 0.892 bits per heavy atom. The molecule has 0 bridgehead atoms. The second kappa shape index (κ2) is 13.1. The van der Waals surface area contributed by atoms with Crippen LogP contribution in [0.1, 0.15) is 31.4 Å². The Labute approximate surface area is 220 Å². The van der Waals surface area contributed by atoms with Gasteiger partial charge in [-0.3, -0.25) is 13.9 Å². The minimum atomic E-state index is -4.05. The third-order valence-corrected chi connectivity index (χ3v) is 7.97. The second-order valence-electron chi connectivity index (χ2n) is 8.90. The van der Waals surface area contributed by atoms with Gasteiger partial charge in [-0.05, 0) is 56.0 Å². The van der Waals surface area contributed by atoms with Crippen molar-refractivity contribution >= 4 is 27.5 Å². The molecule has 0 saturated heterocycles. The summed E-state index contributed by atoms with van der Waals surface area (Å²) in [6, 6.07) is 24.0. The maximum Gasteiger partial charge on any atom is 0.264 e. The van der Waals surface area contributed by atoms with Gasteiger partial charge in [-0.1, -0.05) is 73.7 Å². The number of benzene rings is 3. The van der Waals surface area contributed by atoms with Crippen molar-refractivity contribution in [3.05, 3.63) is 96.1 Å². The lowest BCUT2D eigenvalue weighted by atomic mass is 10.1. The lowest BCUT2D eigenvalue weighted by Gasteiger charge is -2.32. The molecule has 1 N–H and O–H groups in total. The van der Waals surface area contributed by atoms with Gasteiger partial charge in [0.05, 0.1) is 10.6 Å². The third kappa shape index (κ3) is 7.20. The highest BCUT2D eigenvalue weighted by molar-refractivity contribution is 7.92. The average molecular weight is 522 g/mol. The van der Waals surface area contributed by atoms with E-state index in [-0.39, 0.29) is 17.3 Å². The maximum absolute atomic E-state index is 13.8. The van der Waals surface area contributed by atoms with Gasteiger partial charge >= 0.3 is 0 Å². The monoisotopic (exact) mass is 521 g/mol. The van der Waals surface area contributed by atoms with Crippen molar-refractivity contribution in [1.82, 2.24) is 10.2 Å². The summed E-state index contributed by atoms with van der Waals surface area (Å²) < 4.78 is 28.6. The summed E-state index contributed by atoms with van der Waals surface area (Å²) in [6.45, 7) is 5.79. The fraction of sp³-hybridized carbons (Fsp3) is 0.310. The molecular weight excluding hydrogens is 486 g/mol. The van der Waals surface area contributed by atoms with Gasteiger partial charge in [-0.25, -0.2) is 8.42 Å². The van der Waals surface area contributed by atoms with E-state index >= 15 is 0 Å². The fourth-order valence-electron chi connectivity index (χ4n) is 4.04. The van der Waals surface area contributed by atoms with E-state index < -0.39 is 28.5 Å². The van der Waals surface area contributed by atoms with Gasteiger partial charge in [-0.15, -0.1) is 0 Å². The highest BCUT2D eigenvalue weighted by Gasteiger charge is 2.32. The van der Waals surface area contributed by atoms with Gasteiger partial charge in [0.15, 0.2) is 0 Å². The van der Waals surface area contributed by atoms with E-state index in [4.69, 9.17) is 0 Å². The topological polar surface area (TPSA) is 86.8 Å². The second-order valence-corrected chi connectivity index (χ2v) is 10.8. The van der Waals surface area contributed by atoms with Crippen molar-refractivity contribution in [1.29, 1.82) is 0 Å². The number of carbonyl (C=O) groups excluding carboxylic acids is 2. The van der Waals surface area contributed by atoms with Crippen LogP contribution in [-0.4, -0.2) is 50.8 Å². The number of aryl methyl sites for hydroxylation is 1. The summed E-state index contributed by atoms with van der Waals surface area (Å²) in [5.74, 6) is -0.713. The molecule has 0 aliphatic rings. The van der Waals surface area contributed by atoms with E-state index in [0.717, 1.165) is 21.9 Å². The number of hydrogen-bond donors (Lipinski definition) is 1. The van der Waals surface area contributed by atoms with E-state index in [1.54, 1.807) is 50.2 Å². The molecule has 0 fully saturated rings. The number of hydrogen-bond acceptors (Lipinski definition) is 4. The van der Waals surface area contributed by atoms with Crippen molar-refractivity contribution < 1.29 is 18.0 Å². The van der Waals surface area contributed by atoms with Crippen molar-refractivity contribution in [2.75, 3.05) is 23.9 Å². The first-order chi connectivity index (χ1) is 17.8. The molecule has 0 radical (unpaired) electrons. The molecule has 0 aliphatic carbocycles. The smallest absolute Gasteiger partial charge is 0.264 e. The first-order valence-electron chi connectivity index (χ1n) is 12.5. The number of carbonyl (C=O) groups is 2. The van der Waals surface area contributed by atoms with E-state index in [9.17, 15) is 18.0 Å². The van der Waals surface area contributed by atoms with Crippen molar-refractivity contribution in [2.45, 2.75) is 44.6 Å². The summed E-state index contributed by atoms with van der Waals surface area (Å²) >= 11 is 0. The number of nitrogens with zero attached hydrogens (tertiary/aromatic N) is 2. The molecule has 0 saturated carbocycles. The Hall–Kier alpha value is -3.65. The zero-order valence-electron chi connectivity index (χ0n) is 21.6. The summed E-state index contributed by atoms with van der Waals surface area (Å²) in [6.07, 6.45) is 1.31. The Balaban J connectivity index is 1.96. The Bertz CT molecular complexity index is 1280. The van der Waals surface area contributed by atoms with Crippen LogP contribution in [0, 0.1) is 6.92 Å². The highest BCUT2D eigenvalue weighted by Crippen LogP contribution is 2.27. The molecule has 196 valence electrons. The van der Waals surface area contributed by atoms with Crippen LogP contribution in [-0.2, 0) is 26.0 Å². The lowest BCUT2D eigenvalue weighted by molar-refractivity contribution is -0.138. The first-order valence-corrected chi connectivity index (χ1v) is 13.9. The van der Waals surface area contributed by atoms with Gasteiger partial charge < -0.3 is 10.2 Å². The summed E-state index contributed by atoms with van der Waals surface area (Å²) in [5, 5.41) is 2.85. The number of rotatable bonds is 12. The normalized spacial score (nSPS) is 12.0. The molecule has 0 spiro atoms. The molecule has 0 heterocycles. The molecule has 37 heavy (non-hydrogen) atoms. The molecule has 1 atom stereocenters.